The number of carbonyl (C=O) groups is 1. The molecule has 0 radical (unpaired) electrons. The van der Waals surface area contributed by atoms with Crippen molar-refractivity contribution in [3.63, 3.8) is 0 Å². The Labute approximate surface area is 127 Å². The molecule has 2 aliphatic carbocycles. The van der Waals surface area contributed by atoms with Gasteiger partial charge in [0, 0.05) is 24.4 Å². The van der Waals surface area contributed by atoms with Crippen molar-refractivity contribution in [1.29, 1.82) is 0 Å². The molecule has 3 N–H and O–H groups in total. The number of amides is 1. The van der Waals surface area contributed by atoms with Gasteiger partial charge in [-0.25, -0.2) is 0 Å². The van der Waals surface area contributed by atoms with Crippen LogP contribution in [0.2, 0.25) is 0 Å². The third-order valence-electron chi connectivity index (χ3n) is 5.10. The Bertz CT molecular complexity index is 500. The highest BCUT2D eigenvalue weighted by molar-refractivity contribution is 5.78. The van der Waals surface area contributed by atoms with Crippen LogP contribution in [0.15, 0.2) is 24.3 Å². The Morgan fingerprint density at radius 2 is 2.05 bits per heavy atom. The molecule has 114 valence electrons. The third kappa shape index (κ3) is 3.46. The minimum absolute atomic E-state index is 0.132. The van der Waals surface area contributed by atoms with E-state index in [0.717, 1.165) is 32.2 Å². The van der Waals surface area contributed by atoms with Gasteiger partial charge in [0.1, 0.15) is 0 Å². The number of carbonyl (C=O) groups excluding carboxylic acids is 1. The van der Waals surface area contributed by atoms with E-state index in [0.29, 0.717) is 5.92 Å². The van der Waals surface area contributed by atoms with Crippen molar-refractivity contribution in [3.8, 4) is 0 Å². The number of hydrogen-bond donors (Lipinski definition) is 2. The molecule has 0 aliphatic heterocycles. The molecule has 1 fully saturated rings. The molecule has 1 aromatic carbocycles. The van der Waals surface area contributed by atoms with Crippen LogP contribution in [0.5, 0.6) is 0 Å². The van der Waals surface area contributed by atoms with Crippen molar-refractivity contribution in [2.45, 2.75) is 56.9 Å². The first-order chi connectivity index (χ1) is 10.2. The van der Waals surface area contributed by atoms with Crippen molar-refractivity contribution in [3.05, 3.63) is 35.4 Å². The molecule has 3 nitrogen and oxygen atoms in total. The van der Waals surface area contributed by atoms with Crippen molar-refractivity contribution in [2.75, 3.05) is 6.54 Å². The van der Waals surface area contributed by atoms with Crippen LogP contribution < -0.4 is 11.1 Å². The minimum Gasteiger partial charge on any atom is -0.355 e. The molecule has 3 rings (SSSR count). The van der Waals surface area contributed by atoms with Gasteiger partial charge in [-0.2, -0.15) is 0 Å². The summed E-state index contributed by atoms with van der Waals surface area (Å²) >= 11 is 0. The van der Waals surface area contributed by atoms with Crippen molar-refractivity contribution >= 4 is 5.91 Å². The summed E-state index contributed by atoms with van der Waals surface area (Å²) in [6.07, 6.45) is 7.60. The van der Waals surface area contributed by atoms with Gasteiger partial charge in [0.2, 0.25) is 5.91 Å². The Balaban J connectivity index is 1.57. The summed E-state index contributed by atoms with van der Waals surface area (Å²) in [6, 6.07) is 8.89. The molecule has 0 heterocycles. The van der Waals surface area contributed by atoms with E-state index in [4.69, 9.17) is 5.73 Å². The maximum atomic E-state index is 12.3. The van der Waals surface area contributed by atoms with E-state index in [1.165, 1.54) is 30.4 Å². The summed E-state index contributed by atoms with van der Waals surface area (Å²) in [7, 11) is 0. The summed E-state index contributed by atoms with van der Waals surface area (Å²) in [5.74, 6) is 0.831. The maximum Gasteiger partial charge on any atom is 0.223 e. The quantitative estimate of drug-likeness (QED) is 0.897. The number of aryl methyl sites for hydroxylation is 1. The van der Waals surface area contributed by atoms with Gasteiger partial charge in [-0.05, 0) is 49.7 Å². The minimum atomic E-state index is 0.132. The zero-order valence-electron chi connectivity index (χ0n) is 12.7. The number of nitrogens with two attached hydrogens (primary N) is 1. The largest absolute Gasteiger partial charge is 0.355 e. The van der Waals surface area contributed by atoms with E-state index < -0.39 is 0 Å². The SMILES string of the molecule is NC1CCCC(C(=O)NCC2CCCc3ccccc32)C1. The summed E-state index contributed by atoms with van der Waals surface area (Å²) in [4.78, 5) is 12.3. The average Bonchev–Trinajstić information content (AvgIpc) is 2.52. The number of nitrogens with one attached hydrogen (secondary N) is 1. The van der Waals surface area contributed by atoms with Crippen LogP contribution >= 0.6 is 0 Å². The topological polar surface area (TPSA) is 55.1 Å². The molecule has 3 atom stereocenters. The fourth-order valence-corrected chi connectivity index (χ4v) is 3.90. The zero-order valence-corrected chi connectivity index (χ0v) is 12.7. The van der Waals surface area contributed by atoms with Gasteiger partial charge < -0.3 is 11.1 Å². The lowest BCUT2D eigenvalue weighted by Gasteiger charge is -2.28. The molecule has 0 saturated heterocycles. The lowest BCUT2D eigenvalue weighted by molar-refractivity contribution is -0.126. The lowest BCUT2D eigenvalue weighted by Crippen LogP contribution is -2.39. The average molecular weight is 286 g/mol. The normalized spacial score (nSPS) is 28.7. The Kier molecular flexibility index (Phi) is 4.59. The molecular formula is C18H26N2O. The standard InChI is InChI=1S/C18H26N2O/c19-16-9-4-7-14(11-16)18(21)20-12-15-8-3-6-13-5-1-2-10-17(13)15/h1-2,5,10,14-16H,3-4,6-9,11-12,19H2,(H,20,21). The fourth-order valence-electron chi connectivity index (χ4n) is 3.90. The van der Waals surface area contributed by atoms with Crippen LogP contribution in [0, 0.1) is 5.92 Å². The first kappa shape index (κ1) is 14.6. The van der Waals surface area contributed by atoms with Gasteiger partial charge in [-0.3, -0.25) is 4.79 Å². The first-order valence-electron chi connectivity index (χ1n) is 8.35. The van der Waals surface area contributed by atoms with Gasteiger partial charge in [0.25, 0.3) is 0 Å². The second kappa shape index (κ2) is 6.61. The fraction of sp³-hybridized carbons (Fsp3) is 0.611. The number of rotatable bonds is 3. The monoisotopic (exact) mass is 286 g/mol. The molecule has 3 unspecified atom stereocenters. The summed E-state index contributed by atoms with van der Waals surface area (Å²) in [5.41, 5.74) is 8.88. The van der Waals surface area contributed by atoms with Gasteiger partial charge in [0.05, 0.1) is 0 Å². The molecular weight excluding hydrogens is 260 g/mol. The van der Waals surface area contributed by atoms with Gasteiger partial charge >= 0.3 is 0 Å². The predicted octanol–water partition coefficient (Wildman–Crippen LogP) is 2.74. The highest BCUT2D eigenvalue weighted by Gasteiger charge is 2.26. The molecule has 1 amide bonds. The highest BCUT2D eigenvalue weighted by atomic mass is 16.1. The van der Waals surface area contributed by atoms with E-state index >= 15 is 0 Å². The molecule has 0 bridgehead atoms. The Morgan fingerprint density at radius 3 is 2.90 bits per heavy atom. The van der Waals surface area contributed by atoms with Gasteiger partial charge in [0.15, 0.2) is 0 Å². The smallest absolute Gasteiger partial charge is 0.223 e. The Hall–Kier alpha value is -1.35. The lowest BCUT2D eigenvalue weighted by atomic mass is 9.82. The van der Waals surface area contributed by atoms with Gasteiger partial charge in [-0.15, -0.1) is 0 Å². The van der Waals surface area contributed by atoms with E-state index in [2.05, 4.69) is 29.6 Å². The predicted molar refractivity (Wildman–Crippen MR) is 85.1 cm³/mol. The van der Waals surface area contributed by atoms with E-state index in [9.17, 15) is 4.79 Å². The van der Waals surface area contributed by atoms with Crippen molar-refractivity contribution < 1.29 is 4.79 Å². The highest BCUT2D eigenvalue weighted by Crippen LogP contribution is 2.31. The van der Waals surface area contributed by atoms with Crippen molar-refractivity contribution in [2.24, 2.45) is 11.7 Å². The van der Waals surface area contributed by atoms with Crippen molar-refractivity contribution in [1.82, 2.24) is 5.32 Å². The second-order valence-corrected chi connectivity index (χ2v) is 6.66. The number of fused-ring (bicyclic) bond motifs is 1. The second-order valence-electron chi connectivity index (χ2n) is 6.66. The molecule has 2 aliphatic rings. The summed E-state index contributed by atoms with van der Waals surface area (Å²) in [5, 5.41) is 3.19. The van der Waals surface area contributed by atoms with Gasteiger partial charge in [-0.1, -0.05) is 30.7 Å². The summed E-state index contributed by atoms with van der Waals surface area (Å²) in [6.45, 7) is 0.779. The van der Waals surface area contributed by atoms with Crippen LogP contribution in [0.4, 0.5) is 0 Å². The molecule has 1 saturated carbocycles. The van der Waals surface area contributed by atoms with Crippen LogP contribution in [-0.2, 0) is 11.2 Å². The van der Waals surface area contributed by atoms with Crippen LogP contribution in [0.25, 0.3) is 0 Å². The van der Waals surface area contributed by atoms with E-state index in [1.54, 1.807) is 0 Å². The molecule has 0 spiro atoms. The first-order valence-corrected chi connectivity index (χ1v) is 8.35. The van der Waals surface area contributed by atoms with Crippen LogP contribution in [0.3, 0.4) is 0 Å². The molecule has 0 aromatic heterocycles. The van der Waals surface area contributed by atoms with E-state index in [-0.39, 0.29) is 17.9 Å². The molecule has 3 heteroatoms. The summed E-state index contributed by atoms with van der Waals surface area (Å²) < 4.78 is 0. The number of benzene rings is 1. The maximum absolute atomic E-state index is 12.3. The zero-order chi connectivity index (χ0) is 14.7. The molecule has 1 aromatic rings. The third-order valence-corrected chi connectivity index (χ3v) is 5.10. The van der Waals surface area contributed by atoms with E-state index in [1.807, 2.05) is 0 Å². The molecule has 21 heavy (non-hydrogen) atoms. The number of hydrogen-bond acceptors (Lipinski definition) is 2. The van der Waals surface area contributed by atoms with Crippen LogP contribution in [0.1, 0.15) is 55.6 Å². The Morgan fingerprint density at radius 1 is 1.19 bits per heavy atom. The van der Waals surface area contributed by atoms with Crippen LogP contribution in [-0.4, -0.2) is 18.5 Å².